The van der Waals surface area contributed by atoms with Crippen LogP contribution in [0.3, 0.4) is 0 Å². The van der Waals surface area contributed by atoms with Gasteiger partial charge >= 0.3 is 5.97 Å². The van der Waals surface area contributed by atoms with Crippen LogP contribution in [0.4, 0.5) is 0 Å². The van der Waals surface area contributed by atoms with Crippen LogP contribution in [-0.2, 0) is 9.59 Å². The maximum absolute atomic E-state index is 12.5. The minimum atomic E-state index is -0.818. The molecule has 3 unspecified atom stereocenters. The summed E-state index contributed by atoms with van der Waals surface area (Å²) in [7, 11) is 0. The molecule has 0 aliphatic carbocycles. The van der Waals surface area contributed by atoms with Crippen LogP contribution in [0.2, 0.25) is 4.34 Å². The van der Waals surface area contributed by atoms with Gasteiger partial charge in [-0.1, -0.05) is 18.5 Å². The zero-order valence-electron chi connectivity index (χ0n) is 11.5. The van der Waals surface area contributed by atoms with Crippen molar-refractivity contribution in [3.63, 3.8) is 0 Å². The Morgan fingerprint density at radius 2 is 2.15 bits per heavy atom. The molecule has 4 nitrogen and oxygen atoms in total. The summed E-state index contributed by atoms with van der Waals surface area (Å²) < 4.78 is 0.662. The van der Waals surface area contributed by atoms with Crippen molar-refractivity contribution < 1.29 is 14.7 Å². The molecule has 0 saturated carbocycles. The first-order chi connectivity index (χ1) is 9.38. The van der Waals surface area contributed by atoms with Crippen molar-refractivity contribution in [3.8, 4) is 0 Å². The Labute approximate surface area is 127 Å². The molecular weight excluding hydrogens is 298 g/mol. The average Bonchev–Trinajstić information content (AvgIpc) is 2.83. The normalized spacial score (nSPS) is 24.4. The van der Waals surface area contributed by atoms with Crippen molar-refractivity contribution in [3.05, 3.63) is 21.3 Å². The molecule has 110 valence electrons. The second kappa shape index (κ2) is 6.14. The summed E-state index contributed by atoms with van der Waals surface area (Å²) >= 11 is 7.30. The SMILES string of the molecule is CC1CC(C(=O)O)CN(C(=O)C(C)c2ccc(Cl)s2)C1. The van der Waals surface area contributed by atoms with Crippen LogP contribution in [0.25, 0.3) is 0 Å². The van der Waals surface area contributed by atoms with Gasteiger partial charge in [-0.05, 0) is 31.4 Å². The molecule has 1 saturated heterocycles. The van der Waals surface area contributed by atoms with Crippen molar-refractivity contribution in [1.82, 2.24) is 4.90 Å². The summed E-state index contributed by atoms with van der Waals surface area (Å²) in [6.07, 6.45) is 0.637. The molecule has 0 aromatic carbocycles. The highest BCUT2D eigenvalue weighted by atomic mass is 35.5. The Bertz CT molecular complexity index is 516. The summed E-state index contributed by atoms with van der Waals surface area (Å²) in [5.41, 5.74) is 0. The van der Waals surface area contributed by atoms with E-state index >= 15 is 0 Å². The average molecular weight is 316 g/mol. The number of amides is 1. The summed E-state index contributed by atoms with van der Waals surface area (Å²) in [4.78, 5) is 26.3. The van der Waals surface area contributed by atoms with E-state index in [1.54, 1.807) is 11.0 Å². The molecule has 0 radical (unpaired) electrons. The van der Waals surface area contributed by atoms with Gasteiger partial charge in [0.15, 0.2) is 0 Å². The highest BCUT2D eigenvalue weighted by Crippen LogP contribution is 2.31. The van der Waals surface area contributed by atoms with Crippen molar-refractivity contribution in [2.24, 2.45) is 11.8 Å². The molecule has 1 aromatic heterocycles. The third kappa shape index (κ3) is 3.33. The molecule has 20 heavy (non-hydrogen) atoms. The summed E-state index contributed by atoms with van der Waals surface area (Å²) in [6, 6.07) is 3.64. The molecule has 1 N–H and O–H groups in total. The van der Waals surface area contributed by atoms with Gasteiger partial charge in [-0.3, -0.25) is 9.59 Å². The molecule has 1 amide bonds. The number of likely N-dealkylation sites (tertiary alicyclic amines) is 1. The first-order valence-electron chi connectivity index (χ1n) is 6.65. The standard InChI is InChI=1S/C14H18ClNO3S/c1-8-5-10(14(18)19)7-16(6-8)13(17)9(2)11-3-4-12(15)20-11/h3-4,8-10H,5-7H2,1-2H3,(H,18,19). The number of thiophene rings is 1. The molecule has 6 heteroatoms. The molecule has 0 spiro atoms. The molecule has 1 aromatic rings. The maximum Gasteiger partial charge on any atom is 0.308 e. The van der Waals surface area contributed by atoms with E-state index in [0.29, 0.717) is 23.8 Å². The summed E-state index contributed by atoms with van der Waals surface area (Å²) in [5.74, 6) is -1.34. The van der Waals surface area contributed by atoms with Gasteiger partial charge in [0.05, 0.1) is 16.2 Å². The van der Waals surface area contributed by atoms with E-state index in [2.05, 4.69) is 0 Å². The third-order valence-electron chi connectivity index (χ3n) is 3.71. The number of halogens is 1. The van der Waals surface area contributed by atoms with Gasteiger partial charge in [0, 0.05) is 18.0 Å². The zero-order valence-corrected chi connectivity index (χ0v) is 13.1. The Kier molecular flexibility index (Phi) is 4.70. The van der Waals surface area contributed by atoms with Gasteiger partial charge in [0.1, 0.15) is 0 Å². The van der Waals surface area contributed by atoms with E-state index in [1.807, 2.05) is 19.9 Å². The first kappa shape index (κ1) is 15.3. The van der Waals surface area contributed by atoms with E-state index in [1.165, 1.54) is 11.3 Å². The van der Waals surface area contributed by atoms with Crippen LogP contribution >= 0.6 is 22.9 Å². The largest absolute Gasteiger partial charge is 0.481 e. The molecule has 1 aliphatic heterocycles. The van der Waals surface area contributed by atoms with Crippen molar-refractivity contribution in [2.45, 2.75) is 26.2 Å². The number of piperidine rings is 1. The lowest BCUT2D eigenvalue weighted by Crippen LogP contribution is -2.46. The van der Waals surface area contributed by atoms with Crippen LogP contribution < -0.4 is 0 Å². The Morgan fingerprint density at radius 1 is 1.45 bits per heavy atom. The second-order valence-corrected chi connectivity index (χ2v) is 7.23. The number of aliphatic carboxylic acids is 1. The number of nitrogens with zero attached hydrogens (tertiary/aromatic N) is 1. The van der Waals surface area contributed by atoms with E-state index in [0.717, 1.165) is 4.88 Å². The Morgan fingerprint density at radius 3 is 2.70 bits per heavy atom. The summed E-state index contributed by atoms with van der Waals surface area (Å²) in [5, 5.41) is 9.16. The lowest BCUT2D eigenvalue weighted by atomic mass is 9.89. The number of hydrogen-bond donors (Lipinski definition) is 1. The molecular formula is C14H18ClNO3S. The molecule has 2 heterocycles. The van der Waals surface area contributed by atoms with E-state index < -0.39 is 11.9 Å². The van der Waals surface area contributed by atoms with Gasteiger partial charge in [-0.2, -0.15) is 0 Å². The molecule has 2 rings (SSSR count). The van der Waals surface area contributed by atoms with Gasteiger partial charge in [-0.25, -0.2) is 0 Å². The number of rotatable bonds is 3. The second-order valence-electron chi connectivity index (χ2n) is 5.48. The molecule has 0 bridgehead atoms. The predicted molar refractivity (Wildman–Crippen MR) is 79.2 cm³/mol. The number of carboxylic acids is 1. The van der Waals surface area contributed by atoms with Crippen molar-refractivity contribution >= 4 is 34.8 Å². The van der Waals surface area contributed by atoms with Crippen LogP contribution in [0, 0.1) is 11.8 Å². The minimum absolute atomic E-state index is 0.0127. The predicted octanol–water partition coefficient (Wildman–Crippen LogP) is 3.07. The monoisotopic (exact) mass is 315 g/mol. The Balaban J connectivity index is 2.09. The smallest absolute Gasteiger partial charge is 0.308 e. The van der Waals surface area contributed by atoms with Gasteiger partial charge in [0.25, 0.3) is 0 Å². The quantitative estimate of drug-likeness (QED) is 0.932. The van der Waals surface area contributed by atoms with E-state index in [4.69, 9.17) is 16.7 Å². The number of carboxylic acid groups (broad SMARTS) is 1. The van der Waals surface area contributed by atoms with Crippen molar-refractivity contribution in [2.75, 3.05) is 13.1 Å². The van der Waals surface area contributed by atoms with E-state index in [-0.39, 0.29) is 17.7 Å². The lowest BCUT2D eigenvalue weighted by molar-refractivity contribution is -0.147. The number of carbonyl (C=O) groups is 2. The molecule has 3 atom stereocenters. The topological polar surface area (TPSA) is 57.6 Å². The number of hydrogen-bond acceptors (Lipinski definition) is 3. The Hall–Kier alpha value is -1.07. The third-order valence-corrected chi connectivity index (χ3v) is 5.13. The fraction of sp³-hybridized carbons (Fsp3) is 0.571. The fourth-order valence-corrected chi connectivity index (χ4v) is 3.77. The molecule has 1 fully saturated rings. The zero-order chi connectivity index (χ0) is 14.9. The summed E-state index contributed by atoms with van der Waals surface area (Å²) in [6.45, 7) is 4.77. The van der Waals surface area contributed by atoms with Gasteiger partial charge in [-0.15, -0.1) is 11.3 Å². The lowest BCUT2D eigenvalue weighted by Gasteiger charge is -2.36. The van der Waals surface area contributed by atoms with Crippen LogP contribution in [-0.4, -0.2) is 35.0 Å². The highest BCUT2D eigenvalue weighted by Gasteiger charge is 2.34. The van der Waals surface area contributed by atoms with Gasteiger partial charge < -0.3 is 10.0 Å². The van der Waals surface area contributed by atoms with Crippen LogP contribution in [0.1, 0.15) is 31.1 Å². The van der Waals surface area contributed by atoms with Crippen LogP contribution in [0.15, 0.2) is 12.1 Å². The molecule has 1 aliphatic rings. The first-order valence-corrected chi connectivity index (χ1v) is 7.84. The van der Waals surface area contributed by atoms with Gasteiger partial charge in [0.2, 0.25) is 5.91 Å². The van der Waals surface area contributed by atoms with Crippen LogP contribution in [0.5, 0.6) is 0 Å². The fourth-order valence-electron chi connectivity index (χ4n) is 2.67. The maximum atomic E-state index is 12.5. The minimum Gasteiger partial charge on any atom is -0.481 e. The van der Waals surface area contributed by atoms with E-state index in [9.17, 15) is 9.59 Å². The number of carbonyl (C=O) groups excluding carboxylic acids is 1. The highest BCUT2D eigenvalue weighted by molar-refractivity contribution is 7.16. The van der Waals surface area contributed by atoms with Crippen molar-refractivity contribution in [1.29, 1.82) is 0 Å².